The zero-order valence-corrected chi connectivity index (χ0v) is 31.9. The second-order valence-corrected chi connectivity index (χ2v) is 11.8. The van der Waals surface area contributed by atoms with Gasteiger partial charge in [-0.1, -0.05) is 30.3 Å². The van der Waals surface area contributed by atoms with E-state index in [0.717, 1.165) is 11.1 Å². The number of nitrogens with zero attached hydrogens (tertiary/aromatic N) is 2. The van der Waals surface area contributed by atoms with Crippen LogP contribution in [-0.4, -0.2) is 30.1 Å². The van der Waals surface area contributed by atoms with Crippen LogP contribution in [0, 0.1) is 24.4 Å². The Morgan fingerprint density at radius 2 is 1.02 bits per heavy atom. The van der Waals surface area contributed by atoms with E-state index in [2.05, 4.69) is 61.6 Å². The first kappa shape index (κ1) is 40.6. The minimum Gasteiger partial charge on any atom is -0.496 e. The number of oxazole rings is 2. The highest BCUT2D eigenvalue weighted by atomic mass is 16.7. The van der Waals surface area contributed by atoms with E-state index < -0.39 is 0 Å². The average molecular weight is 809 g/mol. The number of hydrogen-bond acceptors (Lipinski definition) is 16. The van der Waals surface area contributed by atoms with Crippen LogP contribution in [0.4, 0.5) is 34.1 Å². The van der Waals surface area contributed by atoms with Crippen LogP contribution in [0.25, 0.3) is 22.6 Å². The fourth-order valence-corrected chi connectivity index (χ4v) is 5.09. The fourth-order valence-electron chi connectivity index (χ4n) is 5.09. The molecule has 60 heavy (non-hydrogen) atoms. The van der Waals surface area contributed by atoms with Gasteiger partial charge in [0.25, 0.3) is 5.91 Å². The van der Waals surface area contributed by atoms with Gasteiger partial charge in [0.2, 0.25) is 0 Å². The van der Waals surface area contributed by atoms with Crippen molar-refractivity contribution in [3.8, 4) is 58.6 Å². The number of rotatable bonds is 14. The van der Waals surface area contributed by atoms with Gasteiger partial charge in [-0.2, -0.15) is 0 Å². The van der Waals surface area contributed by atoms with E-state index in [-0.39, 0.29) is 5.91 Å². The van der Waals surface area contributed by atoms with Crippen LogP contribution < -0.4 is 42.4 Å². The molecule has 7 rings (SSSR count). The number of amides is 1. The van der Waals surface area contributed by atoms with Crippen LogP contribution in [0.3, 0.4) is 0 Å². The summed E-state index contributed by atoms with van der Waals surface area (Å²) in [6.07, 6.45) is 15.3. The molecular formula is C43H36N8O9. The molecule has 7 N–H and O–H groups in total. The SMILES string of the molecule is COc1cc(NOC#CONc2cccc(N)c2)ccc1-c1cnco1.COc1cc(NOC#CONc2cccc(NC(=O)c3ccccc3)c2)ccc1-c1cnco1. The molecule has 0 atom stereocenters. The molecule has 302 valence electrons. The molecule has 5 aromatic carbocycles. The Morgan fingerprint density at radius 1 is 0.550 bits per heavy atom. The highest BCUT2D eigenvalue weighted by molar-refractivity contribution is 6.04. The maximum atomic E-state index is 12.3. The van der Waals surface area contributed by atoms with Crippen molar-refractivity contribution >= 4 is 40.0 Å². The van der Waals surface area contributed by atoms with Crippen LogP contribution in [0.15, 0.2) is 149 Å². The van der Waals surface area contributed by atoms with Crippen molar-refractivity contribution in [3.63, 3.8) is 0 Å². The fraction of sp³-hybridized carbons (Fsp3) is 0.0465. The van der Waals surface area contributed by atoms with E-state index in [9.17, 15) is 4.79 Å². The van der Waals surface area contributed by atoms with Crippen LogP contribution in [0.2, 0.25) is 0 Å². The van der Waals surface area contributed by atoms with Gasteiger partial charge in [0.15, 0.2) is 48.7 Å². The maximum Gasteiger partial charge on any atom is 0.255 e. The lowest BCUT2D eigenvalue weighted by molar-refractivity contribution is 0.102. The number of nitrogen functional groups attached to an aromatic ring is 1. The number of anilines is 6. The molecule has 0 aliphatic rings. The summed E-state index contributed by atoms with van der Waals surface area (Å²) in [5, 5.41) is 2.82. The van der Waals surface area contributed by atoms with Crippen LogP contribution in [0.5, 0.6) is 11.5 Å². The standard InChI is InChI=1S/C25H20N4O5.C18H16N4O4/c1-31-23-15-21(10-11-22(23)24-16-26-17-32-24)29-34-13-12-33-28-20-9-5-8-19(14-20)27-25(30)18-6-3-2-4-7-18;1-23-17-10-15(5-6-16(17)18-11-20-12-24-18)22-26-8-7-25-21-14-4-2-3-13(19)9-14/h2-11,14-17,28-29H,1H3,(H,27,30);2-6,9-12,21-22H,19H2,1H3. The first-order valence-corrected chi connectivity index (χ1v) is 17.6. The number of benzene rings is 5. The molecule has 2 heterocycles. The summed E-state index contributed by atoms with van der Waals surface area (Å²) in [5.74, 6) is 2.17. The minimum atomic E-state index is -0.205. The number of methoxy groups -OCH3 is 2. The quantitative estimate of drug-likeness (QED) is 0.0348. The van der Waals surface area contributed by atoms with Gasteiger partial charge in [-0.25, -0.2) is 31.9 Å². The third kappa shape index (κ3) is 12.0. The lowest BCUT2D eigenvalue weighted by atomic mass is 10.1. The van der Waals surface area contributed by atoms with Crippen LogP contribution in [-0.2, 0) is 19.4 Å². The molecule has 0 aliphatic carbocycles. The minimum absolute atomic E-state index is 0.205. The maximum absolute atomic E-state index is 12.3. The molecule has 0 saturated carbocycles. The molecule has 17 heteroatoms. The van der Waals surface area contributed by atoms with Crippen molar-refractivity contribution in [2.24, 2.45) is 0 Å². The summed E-state index contributed by atoms with van der Waals surface area (Å²) < 4.78 is 21.3. The third-order valence-corrected chi connectivity index (χ3v) is 7.80. The molecule has 0 spiro atoms. The molecule has 2 aromatic heterocycles. The molecule has 0 saturated heterocycles. The monoisotopic (exact) mass is 808 g/mol. The molecule has 17 nitrogen and oxygen atoms in total. The van der Waals surface area contributed by atoms with Crippen molar-refractivity contribution in [2.45, 2.75) is 0 Å². The lowest BCUT2D eigenvalue weighted by Crippen LogP contribution is -2.11. The normalized spacial score (nSPS) is 9.70. The molecule has 1 amide bonds. The number of aromatic nitrogens is 2. The largest absolute Gasteiger partial charge is 0.496 e. The van der Waals surface area contributed by atoms with Crippen LogP contribution >= 0.6 is 0 Å². The van der Waals surface area contributed by atoms with Gasteiger partial charge < -0.3 is 48.7 Å². The van der Waals surface area contributed by atoms with Gasteiger partial charge in [-0.15, -0.1) is 0 Å². The zero-order chi connectivity index (χ0) is 41.8. The summed E-state index contributed by atoms with van der Waals surface area (Å²) in [6, 6.07) is 33.7. The van der Waals surface area contributed by atoms with Crippen LogP contribution in [0.1, 0.15) is 10.4 Å². The second-order valence-electron chi connectivity index (χ2n) is 11.8. The number of carbonyl (C=O) groups is 1. The second kappa shape index (κ2) is 21.3. The van der Waals surface area contributed by atoms with E-state index in [4.69, 9.17) is 43.4 Å². The van der Waals surface area contributed by atoms with E-state index in [1.165, 1.54) is 12.8 Å². The molecule has 0 aliphatic heterocycles. The predicted molar refractivity (Wildman–Crippen MR) is 223 cm³/mol. The van der Waals surface area contributed by atoms with E-state index >= 15 is 0 Å². The first-order chi connectivity index (χ1) is 29.5. The molecule has 0 bridgehead atoms. The summed E-state index contributed by atoms with van der Waals surface area (Å²) in [5.41, 5.74) is 22.2. The smallest absolute Gasteiger partial charge is 0.255 e. The van der Waals surface area contributed by atoms with Crippen molar-refractivity contribution in [1.82, 2.24) is 9.97 Å². The van der Waals surface area contributed by atoms with Crippen molar-refractivity contribution in [3.05, 3.63) is 146 Å². The Labute approximate surface area is 343 Å². The van der Waals surface area contributed by atoms with Crippen molar-refractivity contribution in [1.29, 1.82) is 0 Å². The van der Waals surface area contributed by atoms with Gasteiger partial charge in [0, 0.05) is 29.1 Å². The Bertz CT molecular complexity index is 2570. The number of nitrogens with two attached hydrogens (primary N) is 1. The highest BCUT2D eigenvalue weighted by Gasteiger charge is 2.11. The van der Waals surface area contributed by atoms with E-state index in [1.807, 2.05) is 12.1 Å². The summed E-state index contributed by atoms with van der Waals surface area (Å²) in [7, 11) is 3.12. The first-order valence-electron chi connectivity index (χ1n) is 17.6. The average Bonchev–Trinajstić information content (AvgIpc) is 4.03. The third-order valence-electron chi connectivity index (χ3n) is 7.80. The number of ether oxygens (including phenoxy) is 2. The lowest BCUT2D eigenvalue weighted by Gasteiger charge is -2.09. The molecule has 7 aromatic rings. The predicted octanol–water partition coefficient (Wildman–Crippen LogP) is 8.15. The molecule has 0 radical (unpaired) electrons. The van der Waals surface area contributed by atoms with E-state index in [0.29, 0.717) is 62.7 Å². The Hall–Kier alpha value is -9.09. The van der Waals surface area contributed by atoms with Gasteiger partial charge in [0.1, 0.15) is 11.5 Å². The number of carbonyl (C=O) groups excluding carboxylic acids is 1. The summed E-state index contributed by atoms with van der Waals surface area (Å²) in [6.45, 7) is 0. The van der Waals surface area contributed by atoms with Gasteiger partial charge in [0.05, 0.1) is 60.5 Å². The number of nitrogens with one attached hydrogen (secondary N) is 5. The summed E-state index contributed by atoms with van der Waals surface area (Å²) >= 11 is 0. The van der Waals surface area contributed by atoms with Crippen molar-refractivity contribution < 1.29 is 42.5 Å². The van der Waals surface area contributed by atoms with Crippen molar-refractivity contribution in [2.75, 3.05) is 47.2 Å². The Kier molecular flexibility index (Phi) is 14.4. The molecular weight excluding hydrogens is 773 g/mol. The van der Waals surface area contributed by atoms with Gasteiger partial charge >= 0.3 is 0 Å². The zero-order valence-electron chi connectivity index (χ0n) is 31.9. The topological polar surface area (TPSA) is 211 Å². The summed E-state index contributed by atoms with van der Waals surface area (Å²) in [4.78, 5) is 40.2. The molecule has 0 fully saturated rings. The Balaban J connectivity index is 0.000000209. The number of hydrogen-bond donors (Lipinski definition) is 6. The van der Waals surface area contributed by atoms with E-state index in [1.54, 1.807) is 130 Å². The van der Waals surface area contributed by atoms with Gasteiger partial charge in [-0.3, -0.25) is 4.79 Å². The molecule has 0 unspecified atom stereocenters. The Morgan fingerprint density at radius 3 is 1.48 bits per heavy atom. The highest BCUT2D eigenvalue weighted by Crippen LogP contribution is 2.33. The van der Waals surface area contributed by atoms with Gasteiger partial charge in [-0.05, 0) is 72.8 Å².